The Balaban J connectivity index is 2.05. The summed E-state index contributed by atoms with van der Waals surface area (Å²) in [5.41, 5.74) is 14.4. The highest BCUT2D eigenvalue weighted by Crippen LogP contribution is 2.15. The molecule has 0 unspecified atom stereocenters. The first kappa shape index (κ1) is 12.8. The summed E-state index contributed by atoms with van der Waals surface area (Å²) in [5, 5.41) is 0. The Hall–Kier alpha value is -1.64. The molecule has 2 heteroatoms. The topological polar surface area (TPSA) is 52.0 Å². The zero-order valence-corrected chi connectivity index (χ0v) is 10.5. The second kappa shape index (κ2) is 6.34. The van der Waals surface area contributed by atoms with E-state index in [9.17, 15) is 0 Å². The highest BCUT2D eigenvalue weighted by molar-refractivity contribution is 5.19. The van der Waals surface area contributed by atoms with Crippen LogP contribution in [0.25, 0.3) is 0 Å². The summed E-state index contributed by atoms with van der Waals surface area (Å²) in [6, 6.07) is 20.8. The fourth-order valence-corrected chi connectivity index (χ4v) is 2.18. The smallest absolute Gasteiger partial charge is 0.0556 e. The molecule has 4 N–H and O–H groups in total. The van der Waals surface area contributed by atoms with E-state index in [0.717, 1.165) is 12.8 Å². The summed E-state index contributed by atoms with van der Waals surface area (Å²) < 4.78 is 0. The van der Waals surface area contributed by atoms with Crippen LogP contribution in [0.1, 0.15) is 11.1 Å². The Morgan fingerprint density at radius 3 is 1.39 bits per heavy atom. The predicted molar refractivity (Wildman–Crippen MR) is 75.9 cm³/mol. The second-order valence-corrected chi connectivity index (χ2v) is 4.72. The zero-order valence-electron chi connectivity index (χ0n) is 10.5. The average molecular weight is 240 g/mol. The Labute approximate surface area is 109 Å². The lowest BCUT2D eigenvalue weighted by Crippen LogP contribution is -2.40. The van der Waals surface area contributed by atoms with Gasteiger partial charge < -0.3 is 11.5 Å². The molecular weight excluding hydrogens is 220 g/mol. The molecule has 94 valence electrons. The molecule has 0 atom stereocenters. The van der Waals surface area contributed by atoms with E-state index in [2.05, 4.69) is 48.5 Å². The van der Waals surface area contributed by atoms with Crippen LogP contribution in [-0.4, -0.2) is 6.17 Å². The molecule has 0 heterocycles. The van der Waals surface area contributed by atoms with Gasteiger partial charge >= 0.3 is 0 Å². The fourth-order valence-electron chi connectivity index (χ4n) is 2.18. The van der Waals surface area contributed by atoms with Gasteiger partial charge in [-0.15, -0.1) is 0 Å². The third-order valence-electron chi connectivity index (χ3n) is 3.23. The first-order valence-electron chi connectivity index (χ1n) is 6.34. The molecule has 0 saturated heterocycles. The molecule has 2 aromatic rings. The van der Waals surface area contributed by atoms with Gasteiger partial charge in [0.2, 0.25) is 0 Å². The summed E-state index contributed by atoms with van der Waals surface area (Å²) in [7, 11) is 0. The van der Waals surface area contributed by atoms with Gasteiger partial charge in [0.05, 0.1) is 6.17 Å². The summed E-state index contributed by atoms with van der Waals surface area (Å²) >= 11 is 0. The van der Waals surface area contributed by atoms with Crippen molar-refractivity contribution in [3.8, 4) is 0 Å². The molecule has 0 amide bonds. The largest absolute Gasteiger partial charge is 0.316 e. The molecular formula is C16H20N2. The van der Waals surface area contributed by atoms with Gasteiger partial charge in [0, 0.05) is 0 Å². The maximum atomic E-state index is 5.91. The summed E-state index contributed by atoms with van der Waals surface area (Å²) in [5.74, 6) is 0.273. The first-order valence-corrected chi connectivity index (χ1v) is 6.34. The van der Waals surface area contributed by atoms with Gasteiger partial charge in [-0.05, 0) is 29.9 Å². The molecule has 2 nitrogen and oxygen atoms in total. The van der Waals surface area contributed by atoms with E-state index in [0.29, 0.717) is 0 Å². The number of hydrogen-bond acceptors (Lipinski definition) is 2. The standard InChI is InChI=1S/C16H20N2/c17-16(18)15(11-13-7-3-1-4-8-13)12-14-9-5-2-6-10-14/h1-10,15-16H,11-12,17-18H2. The third-order valence-corrected chi connectivity index (χ3v) is 3.23. The van der Waals surface area contributed by atoms with Crippen molar-refractivity contribution >= 4 is 0 Å². The minimum Gasteiger partial charge on any atom is -0.316 e. The van der Waals surface area contributed by atoms with Crippen LogP contribution in [0.15, 0.2) is 60.7 Å². The van der Waals surface area contributed by atoms with Crippen molar-refractivity contribution in [2.45, 2.75) is 19.0 Å². The van der Waals surface area contributed by atoms with Crippen molar-refractivity contribution in [3.63, 3.8) is 0 Å². The fraction of sp³-hybridized carbons (Fsp3) is 0.250. The molecule has 0 aliphatic rings. The van der Waals surface area contributed by atoms with Crippen LogP contribution in [0.2, 0.25) is 0 Å². The van der Waals surface area contributed by atoms with E-state index < -0.39 is 0 Å². The Morgan fingerprint density at radius 2 is 1.06 bits per heavy atom. The molecule has 0 fully saturated rings. The predicted octanol–water partition coefficient (Wildman–Crippen LogP) is 2.33. The monoisotopic (exact) mass is 240 g/mol. The van der Waals surface area contributed by atoms with Crippen molar-refractivity contribution < 1.29 is 0 Å². The lowest BCUT2D eigenvalue weighted by molar-refractivity contribution is 0.424. The van der Waals surface area contributed by atoms with Crippen LogP contribution in [0.5, 0.6) is 0 Å². The van der Waals surface area contributed by atoms with Crippen molar-refractivity contribution in [3.05, 3.63) is 71.8 Å². The van der Waals surface area contributed by atoms with Crippen molar-refractivity contribution in [1.29, 1.82) is 0 Å². The van der Waals surface area contributed by atoms with Crippen LogP contribution >= 0.6 is 0 Å². The average Bonchev–Trinajstić information content (AvgIpc) is 2.40. The molecule has 0 radical (unpaired) electrons. The molecule has 2 aromatic carbocycles. The zero-order chi connectivity index (χ0) is 12.8. The Morgan fingerprint density at radius 1 is 0.667 bits per heavy atom. The molecule has 0 bridgehead atoms. The van der Waals surface area contributed by atoms with Crippen LogP contribution in [-0.2, 0) is 12.8 Å². The normalized spacial score (nSPS) is 11.1. The molecule has 0 saturated carbocycles. The van der Waals surface area contributed by atoms with E-state index in [1.54, 1.807) is 0 Å². The van der Waals surface area contributed by atoms with Gasteiger partial charge in [-0.25, -0.2) is 0 Å². The van der Waals surface area contributed by atoms with Crippen molar-refractivity contribution in [2.75, 3.05) is 0 Å². The number of nitrogens with two attached hydrogens (primary N) is 2. The molecule has 2 rings (SSSR count). The van der Waals surface area contributed by atoms with Crippen molar-refractivity contribution in [2.24, 2.45) is 17.4 Å². The van der Waals surface area contributed by atoms with Gasteiger partial charge in [0.25, 0.3) is 0 Å². The van der Waals surface area contributed by atoms with Gasteiger partial charge in [-0.3, -0.25) is 0 Å². The van der Waals surface area contributed by atoms with E-state index >= 15 is 0 Å². The van der Waals surface area contributed by atoms with E-state index in [4.69, 9.17) is 11.5 Å². The van der Waals surface area contributed by atoms with Gasteiger partial charge in [0.1, 0.15) is 0 Å². The molecule has 0 aliphatic heterocycles. The first-order chi connectivity index (χ1) is 8.75. The minimum absolute atomic E-state index is 0.273. The SMILES string of the molecule is NC(N)C(Cc1ccccc1)Cc1ccccc1. The van der Waals surface area contributed by atoms with E-state index in [1.807, 2.05) is 12.1 Å². The van der Waals surface area contributed by atoms with Crippen LogP contribution < -0.4 is 11.5 Å². The number of hydrogen-bond donors (Lipinski definition) is 2. The quantitative estimate of drug-likeness (QED) is 0.788. The summed E-state index contributed by atoms with van der Waals surface area (Å²) in [4.78, 5) is 0. The summed E-state index contributed by atoms with van der Waals surface area (Å²) in [6.45, 7) is 0. The van der Waals surface area contributed by atoms with Gasteiger partial charge in [0.15, 0.2) is 0 Å². The number of benzene rings is 2. The highest BCUT2D eigenvalue weighted by atomic mass is 14.9. The van der Waals surface area contributed by atoms with Crippen molar-refractivity contribution in [1.82, 2.24) is 0 Å². The lowest BCUT2D eigenvalue weighted by atomic mass is 9.90. The van der Waals surface area contributed by atoms with E-state index in [-0.39, 0.29) is 12.1 Å². The van der Waals surface area contributed by atoms with Crippen LogP contribution in [0.3, 0.4) is 0 Å². The summed E-state index contributed by atoms with van der Waals surface area (Å²) in [6.07, 6.45) is 1.56. The van der Waals surface area contributed by atoms with Gasteiger partial charge in [-0.1, -0.05) is 60.7 Å². The Bertz CT molecular complexity index is 410. The molecule has 0 aliphatic carbocycles. The second-order valence-electron chi connectivity index (χ2n) is 4.72. The highest BCUT2D eigenvalue weighted by Gasteiger charge is 2.15. The van der Waals surface area contributed by atoms with Crippen LogP contribution in [0.4, 0.5) is 0 Å². The third kappa shape index (κ3) is 3.69. The molecule has 0 aromatic heterocycles. The molecule has 18 heavy (non-hydrogen) atoms. The minimum atomic E-state index is -0.287. The van der Waals surface area contributed by atoms with Crippen LogP contribution in [0, 0.1) is 5.92 Å². The van der Waals surface area contributed by atoms with Gasteiger partial charge in [-0.2, -0.15) is 0 Å². The maximum Gasteiger partial charge on any atom is 0.0556 e. The Kier molecular flexibility index (Phi) is 4.51. The number of rotatable bonds is 5. The van der Waals surface area contributed by atoms with E-state index in [1.165, 1.54) is 11.1 Å². The maximum absolute atomic E-state index is 5.91. The molecule has 0 spiro atoms. The lowest BCUT2D eigenvalue weighted by Gasteiger charge is -2.21.